The highest BCUT2D eigenvalue weighted by Crippen LogP contribution is 2.27. The van der Waals surface area contributed by atoms with Crippen molar-refractivity contribution in [2.45, 2.75) is 12.1 Å². The summed E-state index contributed by atoms with van der Waals surface area (Å²) in [7, 11) is 0. The lowest BCUT2D eigenvalue weighted by Crippen LogP contribution is -2.00. The molecule has 0 aliphatic carbocycles. The molecule has 2 heterocycles. The van der Waals surface area contributed by atoms with E-state index in [4.69, 9.17) is 0 Å². The summed E-state index contributed by atoms with van der Waals surface area (Å²) in [5.74, 6) is 1.61. The summed E-state index contributed by atoms with van der Waals surface area (Å²) >= 11 is 1.62. The van der Waals surface area contributed by atoms with E-state index in [1.807, 2.05) is 24.3 Å². The van der Waals surface area contributed by atoms with Crippen LogP contribution >= 0.6 is 11.8 Å². The van der Waals surface area contributed by atoms with Crippen LogP contribution in [-0.4, -0.2) is 25.5 Å². The number of nitrogens with zero attached hydrogens (tertiary/aromatic N) is 4. The van der Waals surface area contributed by atoms with Gasteiger partial charge in [-0.05, 0) is 36.8 Å². The highest BCUT2D eigenvalue weighted by atomic mass is 32.2. The maximum atomic E-state index is 4.38. The van der Waals surface area contributed by atoms with Crippen molar-refractivity contribution in [1.29, 1.82) is 0 Å². The molecule has 5 heteroatoms. The largest absolute Gasteiger partial charge is 0.270 e. The van der Waals surface area contributed by atoms with Crippen LogP contribution in [0.15, 0.2) is 66.6 Å². The molecular formula is C17H16N4S. The molecule has 3 aromatic rings. The van der Waals surface area contributed by atoms with Crippen molar-refractivity contribution in [1.82, 2.24) is 19.7 Å². The maximum absolute atomic E-state index is 4.38. The molecule has 0 atom stereocenters. The van der Waals surface area contributed by atoms with E-state index in [0.29, 0.717) is 0 Å². The standard InChI is InChI=1S/C17H16N4S/c1-3-11-22-17-20-19-16(14-7-9-18-10-8-14)21(17)15-6-4-5-13(2)12-15/h3-10,12H,1,11H2,2H3. The second-order valence-electron chi connectivity index (χ2n) is 4.82. The second-order valence-corrected chi connectivity index (χ2v) is 5.80. The first kappa shape index (κ1) is 14.5. The third kappa shape index (κ3) is 2.94. The fourth-order valence-electron chi connectivity index (χ4n) is 2.18. The fourth-order valence-corrected chi connectivity index (χ4v) is 2.87. The van der Waals surface area contributed by atoms with Crippen molar-refractivity contribution in [2.24, 2.45) is 0 Å². The summed E-state index contributed by atoms with van der Waals surface area (Å²) in [4.78, 5) is 4.07. The summed E-state index contributed by atoms with van der Waals surface area (Å²) < 4.78 is 2.08. The van der Waals surface area contributed by atoms with Crippen LogP contribution in [-0.2, 0) is 0 Å². The van der Waals surface area contributed by atoms with Gasteiger partial charge < -0.3 is 0 Å². The lowest BCUT2D eigenvalue weighted by Gasteiger charge is -2.10. The number of hydrogen-bond donors (Lipinski definition) is 0. The molecule has 3 rings (SSSR count). The molecule has 0 N–H and O–H groups in total. The van der Waals surface area contributed by atoms with Crippen LogP contribution in [0.1, 0.15) is 5.56 Å². The molecule has 0 amide bonds. The Morgan fingerprint density at radius 2 is 2.00 bits per heavy atom. The molecule has 0 saturated heterocycles. The van der Waals surface area contributed by atoms with Crippen LogP contribution in [0.5, 0.6) is 0 Å². The van der Waals surface area contributed by atoms with Crippen LogP contribution in [0.25, 0.3) is 17.1 Å². The lowest BCUT2D eigenvalue weighted by molar-refractivity contribution is 0.886. The summed E-state index contributed by atoms with van der Waals surface area (Å²) in [6.45, 7) is 5.85. The van der Waals surface area contributed by atoms with Crippen molar-refractivity contribution in [3.8, 4) is 17.1 Å². The van der Waals surface area contributed by atoms with E-state index in [-0.39, 0.29) is 0 Å². The first-order chi connectivity index (χ1) is 10.8. The fraction of sp³-hybridized carbons (Fsp3) is 0.118. The van der Waals surface area contributed by atoms with Gasteiger partial charge in [0.05, 0.1) is 0 Å². The Morgan fingerprint density at radius 3 is 2.73 bits per heavy atom. The van der Waals surface area contributed by atoms with E-state index in [1.165, 1.54) is 5.56 Å². The Bertz CT molecular complexity index is 780. The van der Waals surface area contributed by atoms with Crippen molar-refractivity contribution in [3.05, 3.63) is 67.0 Å². The number of benzene rings is 1. The number of aromatic nitrogens is 4. The maximum Gasteiger partial charge on any atom is 0.196 e. The number of pyridine rings is 1. The van der Waals surface area contributed by atoms with Crippen LogP contribution in [0.4, 0.5) is 0 Å². The number of rotatable bonds is 5. The molecule has 110 valence electrons. The van der Waals surface area contributed by atoms with E-state index in [9.17, 15) is 0 Å². The van der Waals surface area contributed by atoms with Gasteiger partial charge in [-0.1, -0.05) is 30.0 Å². The van der Waals surface area contributed by atoms with Crippen LogP contribution in [0.2, 0.25) is 0 Å². The average Bonchev–Trinajstić information content (AvgIpc) is 2.97. The third-order valence-electron chi connectivity index (χ3n) is 3.16. The molecule has 0 bridgehead atoms. The molecule has 0 radical (unpaired) electrons. The number of thioether (sulfide) groups is 1. The summed E-state index contributed by atoms with van der Waals surface area (Å²) in [5.41, 5.74) is 3.25. The zero-order chi connectivity index (χ0) is 15.4. The Morgan fingerprint density at radius 1 is 1.18 bits per heavy atom. The number of aryl methyl sites for hydroxylation is 1. The van der Waals surface area contributed by atoms with Crippen LogP contribution in [0.3, 0.4) is 0 Å². The van der Waals surface area contributed by atoms with Crippen LogP contribution < -0.4 is 0 Å². The van der Waals surface area contributed by atoms with Crippen molar-refractivity contribution >= 4 is 11.8 Å². The minimum absolute atomic E-state index is 0.792. The van der Waals surface area contributed by atoms with Gasteiger partial charge in [-0.2, -0.15) is 0 Å². The van der Waals surface area contributed by atoms with Gasteiger partial charge in [0.1, 0.15) is 0 Å². The van der Waals surface area contributed by atoms with E-state index in [1.54, 1.807) is 24.2 Å². The lowest BCUT2D eigenvalue weighted by atomic mass is 10.2. The van der Waals surface area contributed by atoms with Crippen LogP contribution in [0, 0.1) is 6.92 Å². The van der Waals surface area contributed by atoms with Gasteiger partial charge in [-0.25, -0.2) is 0 Å². The minimum atomic E-state index is 0.792. The van der Waals surface area contributed by atoms with Crippen molar-refractivity contribution < 1.29 is 0 Å². The molecular weight excluding hydrogens is 292 g/mol. The Kier molecular flexibility index (Phi) is 4.34. The smallest absolute Gasteiger partial charge is 0.196 e. The molecule has 2 aromatic heterocycles. The van der Waals surface area contributed by atoms with E-state index in [2.05, 4.69) is 51.5 Å². The van der Waals surface area contributed by atoms with E-state index >= 15 is 0 Å². The molecule has 0 aliphatic heterocycles. The first-order valence-corrected chi connectivity index (χ1v) is 7.94. The molecule has 0 spiro atoms. The SMILES string of the molecule is C=CCSc1nnc(-c2ccncc2)n1-c1cccc(C)c1. The number of hydrogen-bond acceptors (Lipinski definition) is 4. The van der Waals surface area contributed by atoms with Gasteiger partial charge in [-0.15, -0.1) is 16.8 Å². The van der Waals surface area contributed by atoms with Crippen molar-refractivity contribution in [3.63, 3.8) is 0 Å². The van der Waals surface area contributed by atoms with Gasteiger partial charge in [0.2, 0.25) is 0 Å². The second kappa shape index (κ2) is 6.58. The highest BCUT2D eigenvalue weighted by Gasteiger charge is 2.15. The predicted molar refractivity (Wildman–Crippen MR) is 90.2 cm³/mol. The topological polar surface area (TPSA) is 43.6 Å². The monoisotopic (exact) mass is 308 g/mol. The van der Waals surface area contributed by atoms with Gasteiger partial charge in [-0.3, -0.25) is 9.55 Å². The molecule has 0 fully saturated rings. The summed E-state index contributed by atoms with van der Waals surface area (Å²) in [6, 6.07) is 12.2. The Labute approximate surface area is 133 Å². The molecule has 0 saturated carbocycles. The molecule has 22 heavy (non-hydrogen) atoms. The molecule has 0 unspecified atom stereocenters. The highest BCUT2D eigenvalue weighted by molar-refractivity contribution is 7.99. The Hall–Kier alpha value is -2.40. The molecule has 4 nitrogen and oxygen atoms in total. The third-order valence-corrected chi connectivity index (χ3v) is 4.09. The normalized spacial score (nSPS) is 10.6. The first-order valence-electron chi connectivity index (χ1n) is 6.96. The predicted octanol–water partition coefficient (Wildman–Crippen LogP) is 3.92. The van der Waals surface area contributed by atoms with Gasteiger partial charge in [0.25, 0.3) is 0 Å². The molecule has 1 aromatic carbocycles. The quantitative estimate of drug-likeness (QED) is 0.529. The van der Waals surface area contributed by atoms with Crippen molar-refractivity contribution in [2.75, 3.05) is 5.75 Å². The minimum Gasteiger partial charge on any atom is -0.270 e. The van der Waals surface area contributed by atoms with Gasteiger partial charge in [0, 0.05) is 29.4 Å². The average molecular weight is 308 g/mol. The summed E-state index contributed by atoms with van der Waals surface area (Å²) in [6.07, 6.45) is 5.40. The Balaban J connectivity index is 2.15. The zero-order valence-electron chi connectivity index (χ0n) is 12.3. The zero-order valence-corrected chi connectivity index (χ0v) is 13.1. The van der Waals surface area contributed by atoms with Gasteiger partial charge in [0.15, 0.2) is 11.0 Å². The van der Waals surface area contributed by atoms with E-state index in [0.717, 1.165) is 28.0 Å². The van der Waals surface area contributed by atoms with Gasteiger partial charge >= 0.3 is 0 Å². The molecule has 0 aliphatic rings. The summed E-state index contributed by atoms with van der Waals surface area (Å²) in [5, 5.41) is 9.58. The van der Waals surface area contributed by atoms with E-state index < -0.39 is 0 Å².